The van der Waals surface area contributed by atoms with Gasteiger partial charge in [0, 0.05) is 30.9 Å². The molecule has 1 heterocycles. The fourth-order valence-electron chi connectivity index (χ4n) is 5.57. The monoisotopic (exact) mass is 592 g/mol. The number of ether oxygens (including phenoxy) is 3. The molecule has 0 aromatic heterocycles. The van der Waals surface area contributed by atoms with Gasteiger partial charge in [-0.25, -0.2) is 0 Å². The van der Waals surface area contributed by atoms with Gasteiger partial charge in [0.2, 0.25) is 0 Å². The third kappa shape index (κ3) is 7.68. The fraction of sp³-hybridized carbons (Fsp3) is 0.394. The minimum atomic E-state index is -2.83. The van der Waals surface area contributed by atoms with Crippen molar-refractivity contribution in [3.8, 4) is 0 Å². The van der Waals surface area contributed by atoms with Gasteiger partial charge >= 0.3 is 11.9 Å². The Kier molecular flexibility index (Phi) is 10.5. The first-order valence-electron chi connectivity index (χ1n) is 14.0. The highest BCUT2D eigenvalue weighted by Crippen LogP contribution is 2.38. The predicted octanol–water partition coefficient (Wildman–Crippen LogP) is 5.38. The molecule has 1 saturated heterocycles. The molecule has 1 fully saturated rings. The molecule has 0 amide bonds. The Balaban J connectivity index is 1.61. The molecule has 6 nitrogen and oxygen atoms in total. The van der Waals surface area contributed by atoms with Crippen LogP contribution < -0.4 is 10.4 Å². The van der Waals surface area contributed by atoms with E-state index >= 15 is 0 Å². The standard InChI is InChI=1S/C33H40O6SSi/c1-24(34)37-29-21-30(32(38-25(2)35)23-40-26-15-9-6-10-16-26)39-31(29)22-36-41(33(3,4)5,27-17-11-7-12-18-27)28-19-13-8-14-20-28/h6-20,29-32H,21-23H2,1-5H3/t29-,30+,31+,32-/m0/s1. The molecule has 0 aliphatic carbocycles. The van der Waals surface area contributed by atoms with Gasteiger partial charge in [-0.1, -0.05) is 99.6 Å². The summed E-state index contributed by atoms with van der Waals surface area (Å²) in [6, 6.07) is 30.8. The first-order chi connectivity index (χ1) is 19.6. The lowest BCUT2D eigenvalue weighted by molar-refractivity contribution is -0.153. The molecule has 8 heteroatoms. The van der Waals surface area contributed by atoms with E-state index in [1.807, 2.05) is 66.7 Å². The molecule has 0 radical (unpaired) electrons. The zero-order valence-electron chi connectivity index (χ0n) is 24.4. The maximum atomic E-state index is 12.1. The molecule has 0 bridgehead atoms. The van der Waals surface area contributed by atoms with Crippen LogP contribution in [0.2, 0.25) is 5.04 Å². The van der Waals surface area contributed by atoms with E-state index in [0.717, 1.165) is 15.3 Å². The van der Waals surface area contributed by atoms with Crippen molar-refractivity contribution < 1.29 is 28.2 Å². The lowest BCUT2D eigenvalue weighted by Gasteiger charge is -2.43. The quantitative estimate of drug-likeness (QED) is 0.168. The second kappa shape index (κ2) is 13.8. The van der Waals surface area contributed by atoms with Crippen molar-refractivity contribution in [2.75, 3.05) is 12.4 Å². The number of benzene rings is 3. The Labute approximate surface area is 248 Å². The summed E-state index contributed by atoms with van der Waals surface area (Å²) < 4.78 is 25.1. The summed E-state index contributed by atoms with van der Waals surface area (Å²) in [7, 11) is -2.83. The number of carbonyl (C=O) groups is 2. The van der Waals surface area contributed by atoms with E-state index in [9.17, 15) is 9.59 Å². The van der Waals surface area contributed by atoms with Crippen LogP contribution in [-0.2, 0) is 28.2 Å². The number of carbonyl (C=O) groups excluding carboxylic acids is 2. The summed E-state index contributed by atoms with van der Waals surface area (Å²) in [5, 5.41) is 2.11. The van der Waals surface area contributed by atoms with Crippen LogP contribution in [0.3, 0.4) is 0 Å². The zero-order valence-corrected chi connectivity index (χ0v) is 26.3. The van der Waals surface area contributed by atoms with Crippen LogP contribution in [0.5, 0.6) is 0 Å². The normalized spacial score (nSPS) is 19.9. The van der Waals surface area contributed by atoms with Crippen molar-refractivity contribution in [1.82, 2.24) is 0 Å². The van der Waals surface area contributed by atoms with Crippen molar-refractivity contribution in [1.29, 1.82) is 0 Å². The minimum Gasteiger partial charge on any atom is -0.460 e. The zero-order chi connectivity index (χ0) is 29.5. The molecule has 218 valence electrons. The smallest absolute Gasteiger partial charge is 0.303 e. The Morgan fingerprint density at radius 3 is 1.90 bits per heavy atom. The number of hydrogen-bond acceptors (Lipinski definition) is 7. The summed E-state index contributed by atoms with van der Waals surface area (Å²) in [4.78, 5) is 25.2. The van der Waals surface area contributed by atoms with Crippen LogP contribution in [0.25, 0.3) is 0 Å². The van der Waals surface area contributed by atoms with E-state index in [1.165, 1.54) is 13.8 Å². The molecular weight excluding hydrogens is 553 g/mol. The van der Waals surface area contributed by atoms with Gasteiger partial charge in [-0.3, -0.25) is 9.59 Å². The van der Waals surface area contributed by atoms with Crippen LogP contribution in [0.4, 0.5) is 0 Å². The Bertz CT molecular complexity index is 1230. The summed E-state index contributed by atoms with van der Waals surface area (Å²) in [6.45, 7) is 9.71. The SMILES string of the molecule is CC(=O)O[C@H]1C[C@H]([C@H](CSc2ccccc2)OC(C)=O)O[C@@H]1CO[Si](c1ccccc1)(c1ccccc1)C(C)(C)C. The van der Waals surface area contributed by atoms with Crippen LogP contribution in [0.1, 0.15) is 41.0 Å². The van der Waals surface area contributed by atoms with Gasteiger partial charge in [-0.2, -0.15) is 0 Å². The average molecular weight is 593 g/mol. The second-order valence-electron chi connectivity index (χ2n) is 11.3. The average Bonchev–Trinajstić information content (AvgIpc) is 3.34. The largest absolute Gasteiger partial charge is 0.460 e. The summed E-state index contributed by atoms with van der Waals surface area (Å²) in [5.74, 6) is -0.232. The van der Waals surface area contributed by atoms with E-state index in [4.69, 9.17) is 18.6 Å². The van der Waals surface area contributed by atoms with E-state index in [2.05, 4.69) is 45.0 Å². The highest BCUT2D eigenvalue weighted by molar-refractivity contribution is 7.99. The molecule has 41 heavy (non-hydrogen) atoms. The molecule has 1 aliphatic heterocycles. The van der Waals surface area contributed by atoms with Gasteiger partial charge in [-0.15, -0.1) is 11.8 Å². The van der Waals surface area contributed by atoms with Crippen LogP contribution >= 0.6 is 11.8 Å². The third-order valence-electron chi connectivity index (χ3n) is 7.32. The van der Waals surface area contributed by atoms with Crippen molar-refractivity contribution in [3.63, 3.8) is 0 Å². The first kappa shape index (κ1) is 31.0. The van der Waals surface area contributed by atoms with E-state index < -0.39 is 32.7 Å². The molecule has 3 aromatic carbocycles. The van der Waals surface area contributed by atoms with Gasteiger partial charge in [0.15, 0.2) is 0 Å². The number of rotatable bonds is 11. The molecular formula is C33H40O6SSi. The summed E-state index contributed by atoms with van der Waals surface area (Å²) in [5.41, 5.74) is 0. The molecule has 0 N–H and O–H groups in total. The summed E-state index contributed by atoms with van der Waals surface area (Å²) >= 11 is 1.60. The number of esters is 2. The highest BCUT2D eigenvalue weighted by atomic mass is 32.2. The molecule has 4 rings (SSSR count). The van der Waals surface area contributed by atoms with Gasteiger partial charge in [0.05, 0.1) is 12.7 Å². The van der Waals surface area contributed by atoms with Gasteiger partial charge in [0.1, 0.15) is 18.3 Å². The Morgan fingerprint density at radius 1 is 0.878 bits per heavy atom. The maximum absolute atomic E-state index is 12.1. The van der Waals surface area contributed by atoms with Crippen molar-refractivity contribution in [3.05, 3.63) is 91.0 Å². The Morgan fingerprint density at radius 2 is 1.41 bits per heavy atom. The molecule has 0 saturated carbocycles. The molecule has 0 spiro atoms. The fourth-order valence-corrected chi connectivity index (χ4v) is 11.1. The van der Waals surface area contributed by atoms with E-state index in [-0.39, 0.29) is 23.6 Å². The predicted molar refractivity (Wildman–Crippen MR) is 165 cm³/mol. The highest BCUT2D eigenvalue weighted by Gasteiger charge is 2.52. The van der Waals surface area contributed by atoms with Crippen molar-refractivity contribution in [2.45, 2.75) is 75.4 Å². The lowest BCUT2D eigenvalue weighted by atomic mass is 10.1. The molecule has 4 atom stereocenters. The topological polar surface area (TPSA) is 71.1 Å². The molecule has 1 aliphatic rings. The molecule has 3 aromatic rings. The number of thioether (sulfide) groups is 1. The number of hydrogen-bond donors (Lipinski definition) is 0. The van der Waals surface area contributed by atoms with Crippen LogP contribution in [-0.4, -0.2) is 57.0 Å². The Hall–Kier alpha value is -2.91. The maximum Gasteiger partial charge on any atom is 0.303 e. The second-order valence-corrected chi connectivity index (χ2v) is 16.7. The van der Waals surface area contributed by atoms with Gasteiger partial charge < -0.3 is 18.6 Å². The first-order valence-corrected chi connectivity index (χ1v) is 16.9. The van der Waals surface area contributed by atoms with Crippen molar-refractivity contribution >= 4 is 42.4 Å². The molecule has 0 unspecified atom stereocenters. The van der Waals surface area contributed by atoms with Crippen molar-refractivity contribution in [2.24, 2.45) is 0 Å². The van der Waals surface area contributed by atoms with Gasteiger partial charge in [0.25, 0.3) is 8.32 Å². The van der Waals surface area contributed by atoms with Crippen LogP contribution in [0, 0.1) is 0 Å². The minimum absolute atomic E-state index is 0.211. The lowest BCUT2D eigenvalue weighted by Crippen LogP contribution is -2.67. The van der Waals surface area contributed by atoms with Gasteiger partial charge in [-0.05, 0) is 27.5 Å². The van der Waals surface area contributed by atoms with E-state index in [1.54, 1.807) is 11.8 Å². The third-order valence-corrected chi connectivity index (χ3v) is 13.4. The van der Waals surface area contributed by atoms with E-state index in [0.29, 0.717) is 12.2 Å². The summed E-state index contributed by atoms with van der Waals surface area (Å²) in [6.07, 6.45) is -1.55. The van der Waals surface area contributed by atoms with Crippen LogP contribution in [0.15, 0.2) is 95.9 Å².